The molecule has 1 fully saturated rings. The third kappa shape index (κ3) is 4.75. The Hall–Kier alpha value is -1.46. The van der Waals surface area contributed by atoms with Crippen LogP contribution >= 0.6 is 12.4 Å². The van der Waals surface area contributed by atoms with Gasteiger partial charge in [-0.3, -0.25) is 4.79 Å². The zero-order chi connectivity index (χ0) is 16.1. The third-order valence-corrected chi connectivity index (χ3v) is 3.82. The van der Waals surface area contributed by atoms with Gasteiger partial charge in [0.15, 0.2) is 11.5 Å². The number of carbonyl (C=O) groups excluding carboxylic acids is 1. The predicted octanol–water partition coefficient (Wildman–Crippen LogP) is 2.73. The van der Waals surface area contributed by atoms with Gasteiger partial charge in [0.05, 0.1) is 13.2 Å². The first-order chi connectivity index (χ1) is 10.6. The number of benzene rings is 1. The normalized spacial score (nSPS) is 20.6. The van der Waals surface area contributed by atoms with E-state index in [2.05, 4.69) is 19.2 Å². The van der Waals surface area contributed by atoms with E-state index >= 15 is 0 Å². The van der Waals surface area contributed by atoms with E-state index in [1.54, 1.807) is 6.07 Å². The van der Waals surface area contributed by atoms with E-state index in [1.165, 1.54) is 0 Å². The Kier molecular flexibility index (Phi) is 7.65. The number of amides is 1. The van der Waals surface area contributed by atoms with E-state index in [1.807, 2.05) is 30.9 Å². The van der Waals surface area contributed by atoms with Crippen LogP contribution in [0.15, 0.2) is 18.2 Å². The van der Waals surface area contributed by atoms with Gasteiger partial charge in [-0.15, -0.1) is 12.4 Å². The summed E-state index contributed by atoms with van der Waals surface area (Å²) in [6.07, 6.45) is 0. The van der Waals surface area contributed by atoms with Crippen LogP contribution in [0.3, 0.4) is 0 Å². The smallest absolute Gasteiger partial charge is 0.254 e. The second-order valence-electron chi connectivity index (χ2n) is 5.64. The molecular formula is C17H27ClN2O3. The Labute approximate surface area is 144 Å². The number of rotatable bonds is 5. The molecule has 0 radical (unpaired) electrons. The molecule has 0 aliphatic carbocycles. The van der Waals surface area contributed by atoms with Crippen molar-refractivity contribution in [2.24, 2.45) is 0 Å². The lowest BCUT2D eigenvalue weighted by Gasteiger charge is -2.37. The monoisotopic (exact) mass is 342 g/mol. The molecule has 1 aliphatic heterocycles. The van der Waals surface area contributed by atoms with Crippen LogP contribution in [-0.4, -0.2) is 49.2 Å². The molecule has 0 saturated carbocycles. The van der Waals surface area contributed by atoms with Crippen molar-refractivity contribution in [3.63, 3.8) is 0 Å². The van der Waals surface area contributed by atoms with Crippen molar-refractivity contribution >= 4 is 18.3 Å². The zero-order valence-electron chi connectivity index (χ0n) is 14.3. The fraction of sp³-hybridized carbons (Fsp3) is 0.588. The summed E-state index contributed by atoms with van der Waals surface area (Å²) in [7, 11) is 0. The summed E-state index contributed by atoms with van der Waals surface area (Å²) in [5.74, 6) is 1.36. The lowest BCUT2D eigenvalue weighted by Crippen LogP contribution is -2.56. The highest BCUT2D eigenvalue weighted by molar-refractivity contribution is 5.95. The maximum absolute atomic E-state index is 12.8. The highest BCUT2D eigenvalue weighted by Crippen LogP contribution is 2.29. The van der Waals surface area contributed by atoms with Gasteiger partial charge in [-0.1, -0.05) is 0 Å². The molecule has 1 heterocycles. The summed E-state index contributed by atoms with van der Waals surface area (Å²) >= 11 is 0. The van der Waals surface area contributed by atoms with E-state index in [0.717, 1.165) is 13.1 Å². The van der Waals surface area contributed by atoms with Gasteiger partial charge in [0.25, 0.3) is 5.91 Å². The first-order valence-electron chi connectivity index (χ1n) is 8.00. The molecule has 1 N–H and O–H groups in total. The minimum atomic E-state index is 0. The highest BCUT2D eigenvalue weighted by Gasteiger charge is 2.27. The average Bonchev–Trinajstić information content (AvgIpc) is 2.51. The molecule has 0 bridgehead atoms. The van der Waals surface area contributed by atoms with Crippen molar-refractivity contribution in [2.45, 2.75) is 39.8 Å². The first kappa shape index (κ1) is 19.6. The lowest BCUT2D eigenvalue weighted by molar-refractivity contribution is 0.0616. The van der Waals surface area contributed by atoms with Gasteiger partial charge in [-0.25, -0.2) is 0 Å². The molecule has 5 nitrogen and oxygen atoms in total. The summed E-state index contributed by atoms with van der Waals surface area (Å²) in [6, 6.07) is 5.92. The minimum absolute atomic E-state index is 0. The van der Waals surface area contributed by atoms with E-state index in [-0.39, 0.29) is 24.4 Å². The summed E-state index contributed by atoms with van der Waals surface area (Å²) < 4.78 is 11.2. The van der Waals surface area contributed by atoms with Gasteiger partial charge in [0, 0.05) is 30.7 Å². The molecular weight excluding hydrogens is 316 g/mol. The molecule has 1 saturated heterocycles. The van der Waals surface area contributed by atoms with E-state index in [9.17, 15) is 4.79 Å². The second-order valence-corrected chi connectivity index (χ2v) is 5.64. The third-order valence-electron chi connectivity index (χ3n) is 3.82. The predicted molar refractivity (Wildman–Crippen MR) is 94.0 cm³/mol. The van der Waals surface area contributed by atoms with Gasteiger partial charge < -0.3 is 19.7 Å². The van der Waals surface area contributed by atoms with Gasteiger partial charge in [-0.05, 0) is 45.9 Å². The topological polar surface area (TPSA) is 50.8 Å². The molecule has 2 unspecified atom stereocenters. The van der Waals surface area contributed by atoms with Crippen molar-refractivity contribution in [3.8, 4) is 11.5 Å². The number of nitrogens with zero attached hydrogens (tertiary/aromatic N) is 1. The molecule has 1 aliphatic rings. The molecule has 23 heavy (non-hydrogen) atoms. The number of halogens is 1. The standard InChI is InChI=1S/C17H26N2O3.ClH/c1-5-21-15-8-7-14(9-16(15)22-6-2)17(20)19-11-12(3)18-10-13(19)4;/h7-9,12-13,18H,5-6,10-11H2,1-4H3;1H. The summed E-state index contributed by atoms with van der Waals surface area (Å²) in [5, 5.41) is 3.39. The lowest BCUT2D eigenvalue weighted by atomic mass is 10.1. The first-order valence-corrected chi connectivity index (χ1v) is 8.00. The number of carbonyl (C=O) groups is 1. The van der Waals surface area contributed by atoms with Gasteiger partial charge >= 0.3 is 0 Å². The van der Waals surface area contributed by atoms with Gasteiger partial charge in [-0.2, -0.15) is 0 Å². The molecule has 2 atom stereocenters. The number of hydrogen-bond acceptors (Lipinski definition) is 4. The maximum atomic E-state index is 12.8. The summed E-state index contributed by atoms with van der Waals surface area (Å²) in [5.41, 5.74) is 0.646. The molecule has 0 aromatic heterocycles. The Morgan fingerprint density at radius 1 is 1.22 bits per heavy atom. The quantitative estimate of drug-likeness (QED) is 0.894. The van der Waals surface area contributed by atoms with Crippen LogP contribution in [0.5, 0.6) is 11.5 Å². The molecule has 6 heteroatoms. The van der Waals surface area contributed by atoms with Crippen LogP contribution in [0.25, 0.3) is 0 Å². The fourth-order valence-corrected chi connectivity index (χ4v) is 2.65. The average molecular weight is 343 g/mol. The molecule has 130 valence electrons. The van der Waals surface area contributed by atoms with Crippen LogP contribution in [0.4, 0.5) is 0 Å². The van der Waals surface area contributed by atoms with E-state index in [0.29, 0.717) is 36.3 Å². The number of piperazine rings is 1. The summed E-state index contributed by atoms with van der Waals surface area (Å²) in [6.45, 7) is 10.7. The Morgan fingerprint density at radius 2 is 1.87 bits per heavy atom. The number of nitrogens with one attached hydrogen (secondary N) is 1. The van der Waals surface area contributed by atoms with Crippen molar-refractivity contribution in [2.75, 3.05) is 26.3 Å². The van der Waals surface area contributed by atoms with Crippen LogP contribution in [-0.2, 0) is 0 Å². The molecule has 1 amide bonds. The number of hydrogen-bond donors (Lipinski definition) is 1. The maximum Gasteiger partial charge on any atom is 0.254 e. The zero-order valence-corrected chi connectivity index (χ0v) is 15.1. The Morgan fingerprint density at radius 3 is 2.52 bits per heavy atom. The van der Waals surface area contributed by atoms with E-state index in [4.69, 9.17) is 9.47 Å². The van der Waals surface area contributed by atoms with Crippen molar-refractivity contribution in [1.29, 1.82) is 0 Å². The van der Waals surface area contributed by atoms with Gasteiger partial charge in [0.1, 0.15) is 0 Å². The van der Waals surface area contributed by atoms with E-state index < -0.39 is 0 Å². The Bertz CT molecular complexity index is 525. The van der Waals surface area contributed by atoms with Crippen LogP contribution in [0.2, 0.25) is 0 Å². The van der Waals surface area contributed by atoms with Crippen molar-refractivity contribution in [3.05, 3.63) is 23.8 Å². The van der Waals surface area contributed by atoms with Crippen LogP contribution < -0.4 is 14.8 Å². The second kappa shape index (κ2) is 8.99. The SMILES string of the molecule is CCOc1ccc(C(=O)N2CC(C)NCC2C)cc1OCC.Cl. The summed E-state index contributed by atoms with van der Waals surface area (Å²) in [4.78, 5) is 14.7. The van der Waals surface area contributed by atoms with Crippen molar-refractivity contribution < 1.29 is 14.3 Å². The highest BCUT2D eigenvalue weighted by atomic mass is 35.5. The fourth-order valence-electron chi connectivity index (χ4n) is 2.65. The molecule has 1 aromatic rings. The molecule has 0 spiro atoms. The van der Waals surface area contributed by atoms with Crippen LogP contribution in [0.1, 0.15) is 38.1 Å². The Balaban J connectivity index is 0.00000264. The van der Waals surface area contributed by atoms with Gasteiger partial charge in [0.2, 0.25) is 0 Å². The molecule has 1 aromatic carbocycles. The van der Waals surface area contributed by atoms with Crippen molar-refractivity contribution in [1.82, 2.24) is 10.2 Å². The minimum Gasteiger partial charge on any atom is -0.490 e. The largest absolute Gasteiger partial charge is 0.490 e. The number of ether oxygens (including phenoxy) is 2. The van der Waals surface area contributed by atoms with Crippen LogP contribution in [0, 0.1) is 0 Å². The molecule has 2 rings (SSSR count).